The molecule has 0 bridgehead atoms. The predicted molar refractivity (Wildman–Crippen MR) is 82.5 cm³/mol. The minimum atomic E-state index is 0.720. The summed E-state index contributed by atoms with van der Waals surface area (Å²) in [7, 11) is 0. The third kappa shape index (κ3) is 3.15. The third-order valence-electron chi connectivity index (χ3n) is 2.94. The number of rotatable bonds is 5. The van der Waals surface area contributed by atoms with Crippen LogP contribution in [0, 0.1) is 0 Å². The van der Waals surface area contributed by atoms with Crippen molar-refractivity contribution in [2.75, 3.05) is 5.32 Å². The maximum absolute atomic E-state index is 6.37. The number of aryl methyl sites for hydroxylation is 1. The molecule has 0 spiro atoms. The molecule has 0 unspecified atom stereocenters. The Kier molecular flexibility index (Phi) is 4.58. The molecule has 19 heavy (non-hydrogen) atoms. The molecule has 0 saturated heterocycles. The molecule has 1 heterocycles. The Morgan fingerprint density at radius 2 is 2.26 bits per heavy atom. The number of pyridine rings is 1. The Bertz CT molecular complexity index is 564. The molecule has 2 rings (SSSR count). The molecular weight excluding hydrogens is 256 g/mol. The Morgan fingerprint density at radius 1 is 1.42 bits per heavy atom. The van der Waals surface area contributed by atoms with Crippen molar-refractivity contribution >= 4 is 17.3 Å². The van der Waals surface area contributed by atoms with E-state index in [4.69, 9.17) is 11.6 Å². The van der Waals surface area contributed by atoms with Crippen molar-refractivity contribution in [1.82, 2.24) is 4.98 Å². The van der Waals surface area contributed by atoms with E-state index in [-0.39, 0.29) is 0 Å². The molecule has 0 fully saturated rings. The van der Waals surface area contributed by atoms with Crippen molar-refractivity contribution in [3.05, 3.63) is 60.0 Å². The van der Waals surface area contributed by atoms with E-state index in [0.717, 1.165) is 34.7 Å². The van der Waals surface area contributed by atoms with Gasteiger partial charge in [-0.25, -0.2) is 0 Å². The van der Waals surface area contributed by atoms with Crippen LogP contribution in [0.3, 0.4) is 0 Å². The zero-order valence-corrected chi connectivity index (χ0v) is 11.7. The highest BCUT2D eigenvalue weighted by molar-refractivity contribution is 6.33. The van der Waals surface area contributed by atoms with Gasteiger partial charge in [0.15, 0.2) is 0 Å². The van der Waals surface area contributed by atoms with Crippen molar-refractivity contribution in [2.24, 2.45) is 0 Å². The Balaban J connectivity index is 2.51. The van der Waals surface area contributed by atoms with Gasteiger partial charge in [0.25, 0.3) is 0 Å². The second-order valence-corrected chi connectivity index (χ2v) is 4.74. The third-order valence-corrected chi connectivity index (χ3v) is 3.26. The van der Waals surface area contributed by atoms with Crippen molar-refractivity contribution in [2.45, 2.75) is 19.8 Å². The van der Waals surface area contributed by atoms with Gasteiger partial charge in [-0.3, -0.25) is 4.98 Å². The molecule has 0 amide bonds. The van der Waals surface area contributed by atoms with Gasteiger partial charge in [-0.15, -0.1) is 0 Å². The van der Waals surface area contributed by atoms with E-state index in [0.29, 0.717) is 0 Å². The highest BCUT2D eigenvalue weighted by Crippen LogP contribution is 2.33. The van der Waals surface area contributed by atoms with Crippen LogP contribution in [0.1, 0.15) is 18.9 Å². The normalized spacial score (nSPS) is 10.2. The molecule has 0 aliphatic heterocycles. The van der Waals surface area contributed by atoms with Gasteiger partial charge in [-0.05, 0) is 36.4 Å². The molecular formula is C16H17ClN2. The first-order valence-electron chi connectivity index (χ1n) is 6.36. The predicted octanol–water partition coefficient (Wildman–Crippen LogP) is 4.91. The van der Waals surface area contributed by atoms with Gasteiger partial charge in [0.1, 0.15) is 0 Å². The van der Waals surface area contributed by atoms with E-state index in [1.165, 1.54) is 5.56 Å². The fourth-order valence-electron chi connectivity index (χ4n) is 2.08. The number of aromatic nitrogens is 1. The van der Waals surface area contributed by atoms with Crippen LogP contribution in [0.25, 0.3) is 11.1 Å². The second-order valence-electron chi connectivity index (χ2n) is 4.33. The molecule has 0 atom stereocenters. The highest BCUT2D eigenvalue weighted by Gasteiger charge is 2.09. The first-order chi connectivity index (χ1) is 9.26. The molecule has 0 radical (unpaired) electrons. The van der Waals surface area contributed by atoms with Crippen molar-refractivity contribution in [1.29, 1.82) is 0 Å². The molecule has 3 heteroatoms. The summed E-state index contributed by atoms with van der Waals surface area (Å²) in [5.41, 5.74) is 4.32. The number of anilines is 1. The van der Waals surface area contributed by atoms with Gasteiger partial charge in [0.2, 0.25) is 0 Å². The quantitative estimate of drug-likeness (QED) is 0.836. The number of hydrogen-bond acceptors (Lipinski definition) is 2. The minimum absolute atomic E-state index is 0.720. The topological polar surface area (TPSA) is 24.9 Å². The Hall–Kier alpha value is -1.80. The number of benzene rings is 1. The summed E-state index contributed by atoms with van der Waals surface area (Å²) in [6.07, 6.45) is 7.35. The Labute approximate surface area is 119 Å². The van der Waals surface area contributed by atoms with Crippen LogP contribution in [0.2, 0.25) is 5.02 Å². The monoisotopic (exact) mass is 272 g/mol. The van der Waals surface area contributed by atoms with E-state index in [9.17, 15) is 0 Å². The summed E-state index contributed by atoms with van der Waals surface area (Å²) in [4.78, 5) is 4.15. The van der Waals surface area contributed by atoms with Crippen LogP contribution in [0.5, 0.6) is 0 Å². The fourth-order valence-corrected chi connectivity index (χ4v) is 2.35. The smallest absolute Gasteiger partial charge is 0.0505 e. The summed E-state index contributed by atoms with van der Waals surface area (Å²) >= 11 is 6.37. The standard InChI is InChI=1S/C16H17ClN2/c1-3-6-12-9-14(13-7-5-8-18-11-13)15(17)10-16(12)19-4-2/h4-5,7-11,19H,2-3,6H2,1H3. The number of hydrogen-bond donors (Lipinski definition) is 1. The lowest BCUT2D eigenvalue weighted by Gasteiger charge is -2.13. The lowest BCUT2D eigenvalue weighted by Crippen LogP contribution is -1.96. The number of halogens is 1. The van der Waals surface area contributed by atoms with Gasteiger partial charge < -0.3 is 5.32 Å². The van der Waals surface area contributed by atoms with Crippen molar-refractivity contribution in [3.63, 3.8) is 0 Å². The summed E-state index contributed by atoms with van der Waals surface area (Å²) < 4.78 is 0. The van der Waals surface area contributed by atoms with Gasteiger partial charge >= 0.3 is 0 Å². The van der Waals surface area contributed by atoms with Crippen LogP contribution in [0.15, 0.2) is 49.4 Å². The molecule has 0 aliphatic rings. The minimum Gasteiger partial charge on any atom is -0.362 e. The Morgan fingerprint density at radius 3 is 2.89 bits per heavy atom. The van der Waals surface area contributed by atoms with E-state index >= 15 is 0 Å². The van der Waals surface area contributed by atoms with Crippen LogP contribution in [-0.4, -0.2) is 4.98 Å². The van der Waals surface area contributed by atoms with Gasteiger partial charge in [-0.2, -0.15) is 0 Å². The zero-order chi connectivity index (χ0) is 13.7. The molecule has 1 aromatic carbocycles. The van der Waals surface area contributed by atoms with Gasteiger partial charge in [-0.1, -0.05) is 37.6 Å². The molecule has 0 saturated carbocycles. The van der Waals surface area contributed by atoms with Crippen LogP contribution in [-0.2, 0) is 6.42 Å². The van der Waals surface area contributed by atoms with Crippen LogP contribution >= 0.6 is 11.6 Å². The number of nitrogens with one attached hydrogen (secondary N) is 1. The average Bonchev–Trinajstić information content (AvgIpc) is 2.43. The summed E-state index contributed by atoms with van der Waals surface area (Å²) in [5, 5.41) is 3.86. The van der Waals surface area contributed by atoms with Crippen molar-refractivity contribution < 1.29 is 0 Å². The molecule has 1 N–H and O–H groups in total. The van der Waals surface area contributed by atoms with E-state index < -0.39 is 0 Å². The van der Waals surface area contributed by atoms with Gasteiger partial charge in [0, 0.05) is 29.2 Å². The van der Waals surface area contributed by atoms with Crippen LogP contribution < -0.4 is 5.32 Å². The largest absolute Gasteiger partial charge is 0.362 e. The first-order valence-corrected chi connectivity index (χ1v) is 6.74. The second kappa shape index (κ2) is 6.39. The molecule has 98 valence electrons. The molecule has 2 nitrogen and oxygen atoms in total. The van der Waals surface area contributed by atoms with Gasteiger partial charge in [0.05, 0.1) is 5.02 Å². The molecule has 2 aromatic rings. The van der Waals surface area contributed by atoms with E-state index in [1.807, 2.05) is 24.4 Å². The summed E-state index contributed by atoms with van der Waals surface area (Å²) in [6, 6.07) is 8.02. The SMILES string of the molecule is C=CNc1cc(Cl)c(-c2cccnc2)cc1CCC. The fraction of sp³-hybridized carbons (Fsp3) is 0.188. The molecule has 1 aromatic heterocycles. The highest BCUT2D eigenvalue weighted by atomic mass is 35.5. The lowest BCUT2D eigenvalue weighted by molar-refractivity contribution is 0.924. The first kappa shape index (κ1) is 13.6. The number of nitrogens with zero attached hydrogens (tertiary/aromatic N) is 1. The zero-order valence-electron chi connectivity index (χ0n) is 11.0. The van der Waals surface area contributed by atoms with E-state index in [1.54, 1.807) is 12.4 Å². The average molecular weight is 273 g/mol. The lowest BCUT2D eigenvalue weighted by atomic mass is 10.0. The maximum Gasteiger partial charge on any atom is 0.0505 e. The summed E-state index contributed by atoms with van der Waals surface area (Å²) in [6.45, 7) is 5.87. The maximum atomic E-state index is 6.37. The van der Waals surface area contributed by atoms with E-state index in [2.05, 4.69) is 29.9 Å². The molecule has 0 aliphatic carbocycles. The van der Waals surface area contributed by atoms with Crippen LogP contribution in [0.4, 0.5) is 5.69 Å². The van der Waals surface area contributed by atoms with Crippen molar-refractivity contribution in [3.8, 4) is 11.1 Å². The summed E-state index contributed by atoms with van der Waals surface area (Å²) in [5.74, 6) is 0.